The first-order valence-corrected chi connectivity index (χ1v) is 6.34. The summed E-state index contributed by atoms with van der Waals surface area (Å²) < 4.78 is 0. The standard InChI is InChI=1S/C10H13N5OS/c11-14-13-6-8-5-10(16)15(7-8)3-1-9-12-2-4-17-9/h2,4,8H,1,3,5-7H2. The number of amides is 1. The van der Waals surface area contributed by atoms with Gasteiger partial charge in [0.15, 0.2) is 0 Å². The van der Waals surface area contributed by atoms with Gasteiger partial charge in [-0.2, -0.15) is 0 Å². The van der Waals surface area contributed by atoms with Crippen molar-refractivity contribution in [3.63, 3.8) is 0 Å². The van der Waals surface area contributed by atoms with Gasteiger partial charge in [0.05, 0.1) is 5.01 Å². The lowest BCUT2D eigenvalue weighted by molar-refractivity contribution is -0.127. The molecule has 0 aromatic carbocycles. The average Bonchev–Trinajstić information content (AvgIpc) is 2.93. The number of rotatable bonds is 5. The van der Waals surface area contributed by atoms with Crippen molar-refractivity contribution in [1.82, 2.24) is 9.88 Å². The van der Waals surface area contributed by atoms with E-state index in [1.165, 1.54) is 0 Å². The number of hydrogen-bond acceptors (Lipinski definition) is 4. The number of carbonyl (C=O) groups excluding carboxylic acids is 1. The minimum absolute atomic E-state index is 0.152. The molecule has 2 heterocycles. The molecule has 1 amide bonds. The molecule has 1 atom stereocenters. The Balaban J connectivity index is 1.81. The Morgan fingerprint density at radius 2 is 2.59 bits per heavy atom. The Kier molecular flexibility index (Phi) is 3.95. The predicted molar refractivity (Wildman–Crippen MR) is 64.5 cm³/mol. The Morgan fingerprint density at radius 3 is 3.29 bits per heavy atom. The van der Waals surface area contributed by atoms with Crippen LogP contribution in [0.15, 0.2) is 16.7 Å². The maximum absolute atomic E-state index is 11.7. The molecular formula is C10H13N5OS. The number of hydrogen-bond donors (Lipinski definition) is 0. The fourth-order valence-corrected chi connectivity index (χ4v) is 2.56. The first kappa shape index (κ1) is 11.9. The van der Waals surface area contributed by atoms with Crippen molar-refractivity contribution in [2.45, 2.75) is 12.8 Å². The Morgan fingerprint density at radius 1 is 1.71 bits per heavy atom. The van der Waals surface area contributed by atoms with E-state index in [0.717, 1.165) is 11.4 Å². The molecule has 0 aliphatic carbocycles. The van der Waals surface area contributed by atoms with Crippen LogP contribution in [-0.2, 0) is 11.2 Å². The highest BCUT2D eigenvalue weighted by molar-refractivity contribution is 7.09. The molecule has 0 bridgehead atoms. The van der Waals surface area contributed by atoms with E-state index in [2.05, 4.69) is 15.0 Å². The van der Waals surface area contributed by atoms with Crippen molar-refractivity contribution in [3.8, 4) is 0 Å². The third-order valence-electron chi connectivity index (χ3n) is 2.78. The third-order valence-corrected chi connectivity index (χ3v) is 3.62. The zero-order valence-electron chi connectivity index (χ0n) is 9.32. The van der Waals surface area contributed by atoms with E-state index in [1.54, 1.807) is 17.5 Å². The number of aromatic nitrogens is 1. The van der Waals surface area contributed by atoms with E-state index in [-0.39, 0.29) is 11.8 Å². The Bertz CT molecular complexity index is 426. The van der Waals surface area contributed by atoms with Gasteiger partial charge < -0.3 is 4.90 Å². The fraction of sp³-hybridized carbons (Fsp3) is 0.600. The van der Waals surface area contributed by atoms with Crippen molar-refractivity contribution in [1.29, 1.82) is 0 Å². The molecular weight excluding hydrogens is 238 g/mol. The Labute approximate surface area is 103 Å². The van der Waals surface area contributed by atoms with Crippen LogP contribution in [0.25, 0.3) is 10.4 Å². The van der Waals surface area contributed by atoms with E-state index in [0.29, 0.717) is 26.1 Å². The van der Waals surface area contributed by atoms with E-state index >= 15 is 0 Å². The van der Waals surface area contributed by atoms with Crippen LogP contribution in [0.4, 0.5) is 0 Å². The molecule has 17 heavy (non-hydrogen) atoms. The van der Waals surface area contributed by atoms with E-state index in [9.17, 15) is 4.79 Å². The molecule has 1 unspecified atom stereocenters. The van der Waals surface area contributed by atoms with Crippen LogP contribution in [0.5, 0.6) is 0 Å². The maximum atomic E-state index is 11.7. The lowest BCUT2D eigenvalue weighted by atomic mass is 10.1. The zero-order chi connectivity index (χ0) is 12.1. The number of thiazole rings is 1. The summed E-state index contributed by atoms with van der Waals surface area (Å²) in [4.78, 5) is 20.4. The first-order valence-electron chi connectivity index (χ1n) is 5.46. The maximum Gasteiger partial charge on any atom is 0.222 e. The first-order chi connectivity index (χ1) is 8.29. The van der Waals surface area contributed by atoms with Gasteiger partial charge in [0.2, 0.25) is 5.91 Å². The molecule has 0 N–H and O–H groups in total. The molecule has 6 nitrogen and oxygen atoms in total. The molecule has 1 saturated heterocycles. The summed E-state index contributed by atoms with van der Waals surface area (Å²) in [5.41, 5.74) is 8.24. The van der Waals surface area contributed by atoms with Gasteiger partial charge in [0, 0.05) is 49.0 Å². The average molecular weight is 251 g/mol. The van der Waals surface area contributed by atoms with Crippen LogP contribution in [0.3, 0.4) is 0 Å². The summed E-state index contributed by atoms with van der Waals surface area (Å²) in [6.45, 7) is 1.82. The summed E-state index contributed by atoms with van der Waals surface area (Å²) >= 11 is 1.61. The lowest BCUT2D eigenvalue weighted by Crippen LogP contribution is -2.27. The molecule has 1 fully saturated rings. The highest BCUT2D eigenvalue weighted by Crippen LogP contribution is 2.18. The van der Waals surface area contributed by atoms with Crippen LogP contribution >= 0.6 is 11.3 Å². The minimum Gasteiger partial charge on any atom is -0.342 e. The molecule has 0 spiro atoms. The van der Waals surface area contributed by atoms with Crippen molar-refractivity contribution >= 4 is 17.2 Å². The van der Waals surface area contributed by atoms with Gasteiger partial charge in [-0.25, -0.2) is 4.98 Å². The van der Waals surface area contributed by atoms with Gasteiger partial charge >= 0.3 is 0 Å². The summed E-state index contributed by atoms with van der Waals surface area (Å²) in [6.07, 6.45) is 3.07. The number of likely N-dealkylation sites (tertiary alicyclic amines) is 1. The topological polar surface area (TPSA) is 82.0 Å². The Hall–Kier alpha value is -1.59. The zero-order valence-corrected chi connectivity index (χ0v) is 10.1. The van der Waals surface area contributed by atoms with Crippen molar-refractivity contribution in [3.05, 3.63) is 27.0 Å². The van der Waals surface area contributed by atoms with Gasteiger partial charge in [-0.1, -0.05) is 5.11 Å². The molecule has 1 aliphatic heterocycles. The molecule has 7 heteroatoms. The normalized spacial score (nSPS) is 19.4. The van der Waals surface area contributed by atoms with Gasteiger partial charge in [0.25, 0.3) is 0 Å². The van der Waals surface area contributed by atoms with Gasteiger partial charge in [-0.15, -0.1) is 11.3 Å². The monoisotopic (exact) mass is 251 g/mol. The number of carbonyl (C=O) groups is 1. The van der Waals surface area contributed by atoms with Crippen LogP contribution in [0, 0.1) is 5.92 Å². The molecule has 1 aromatic rings. The summed E-state index contributed by atoms with van der Waals surface area (Å²) in [5, 5.41) is 6.51. The van der Waals surface area contributed by atoms with Crippen molar-refractivity contribution in [2.24, 2.45) is 11.0 Å². The molecule has 1 aliphatic rings. The second-order valence-electron chi connectivity index (χ2n) is 4.00. The lowest BCUT2D eigenvalue weighted by Gasteiger charge is -2.15. The van der Waals surface area contributed by atoms with E-state index in [4.69, 9.17) is 5.53 Å². The molecule has 1 aromatic heterocycles. The van der Waals surface area contributed by atoms with Gasteiger partial charge in [-0.05, 0) is 11.4 Å². The summed E-state index contributed by atoms with van der Waals surface area (Å²) in [5.74, 6) is 0.328. The quantitative estimate of drug-likeness (QED) is 0.454. The second-order valence-corrected chi connectivity index (χ2v) is 4.98. The van der Waals surface area contributed by atoms with E-state index in [1.807, 2.05) is 10.3 Å². The molecule has 0 radical (unpaired) electrons. The second kappa shape index (κ2) is 5.65. The molecule has 2 rings (SSSR count). The van der Waals surface area contributed by atoms with Crippen LogP contribution in [0.1, 0.15) is 11.4 Å². The van der Waals surface area contributed by atoms with E-state index < -0.39 is 0 Å². The largest absolute Gasteiger partial charge is 0.342 e. The highest BCUT2D eigenvalue weighted by atomic mass is 32.1. The number of nitrogens with zero attached hydrogens (tertiary/aromatic N) is 5. The fourth-order valence-electron chi connectivity index (χ4n) is 1.95. The predicted octanol–water partition coefficient (Wildman–Crippen LogP) is 1.84. The minimum atomic E-state index is 0.152. The third kappa shape index (κ3) is 3.18. The van der Waals surface area contributed by atoms with Gasteiger partial charge in [0.1, 0.15) is 0 Å². The van der Waals surface area contributed by atoms with Crippen LogP contribution < -0.4 is 0 Å². The molecule has 90 valence electrons. The SMILES string of the molecule is [N-]=[N+]=NCC1CC(=O)N(CCc2nccs2)C1. The van der Waals surface area contributed by atoms with Crippen LogP contribution in [0.2, 0.25) is 0 Å². The smallest absolute Gasteiger partial charge is 0.222 e. The number of azide groups is 1. The van der Waals surface area contributed by atoms with Crippen LogP contribution in [-0.4, -0.2) is 35.4 Å². The molecule has 0 saturated carbocycles. The highest BCUT2D eigenvalue weighted by Gasteiger charge is 2.28. The summed E-state index contributed by atoms with van der Waals surface area (Å²) in [6, 6.07) is 0. The van der Waals surface area contributed by atoms with Crippen molar-refractivity contribution in [2.75, 3.05) is 19.6 Å². The van der Waals surface area contributed by atoms with Crippen molar-refractivity contribution < 1.29 is 4.79 Å². The summed E-state index contributed by atoms with van der Waals surface area (Å²) in [7, 11) is 0. The van der Waals surface area contributed by atoms with Gasteiger partial charge in [-0.3, -0.25) is 4.79 Å².